The minimum atomic E-state index is 0.307. The van der Waals surface area contributed by atoms with Gasteiger partial charge >= 0.3 is 0 Å². The van der Waals surface area contributed by atoms with E-state index in [2.05, 4.69) is 22.5 Å². The SMILES string of the molecule is COCC1CNc2c(C)ccnc2N1. The first-order valence-electron chi connectivity index (χ1n) is 4.76. The van der Waals surface area contributed by atoms with E-state index in [1.807, 2.05) is 12.3 Å². The Hall–Kier alpha value is -1.29. The summed E-state index contributed by atoms with van der Waals surface area (Å²) in [4.78, 5) is 4.28. The van der Waals surface area contributed by atoms with E-state index in [1.54, 1.807) is 7.11 Å². The van der Waals surface area contributed by atoms with E-state index < -0.39 is 0 Å². The Labute approximate surface area is 83.7 Å². The number of aryl methyl sites for hydroxylation is 1. The van der Waals surface area contributed by atoms with Crippen LogP contribution < -0.4 is 10.6 Å². The van der Waals surface area contributed by atoms with Crippen molar-refractivity contribution in [3.63, 3.8) is 0 Å². The van der Waals surface area contributed by atoms with Gasteiger partial charge in [0, 0.05) is 19.9 Å². The Kier molecular flexibility index (Phi) is 2.54. The third-order valence-corrected chi connectivity index (χ3v) is 2.39. The third kappa shape index (κ3) is 1.65. The summed E-state index contributed by atoms with van der Waals surface area (Å²) in [6.45, 7) is 3.65. The molecule has 2 heterocycles. The number of rotatable bonds is 2. The molecule has 0 amide bonds. The molecule has 0 saturated heterocycles. The van der Waals surface area contributed by atoms with Gasteiger partial charge < -0.3 is 15.4 Å². The van der Waals surface area contributed by atoms with Crippen LogP contribution in [-0.2, 0) is 4.74 Å². The summed E-state index contributed by atoms with van der Waals surface area (Å²) in [5, 5.41) is 6.70. The molecule has 1 atom stereocenters. The molecule has 14 heavy (non-hydrogen) atoms. The smallest absolute Gasteiger partial charge is 0.149 e. The number of aromatic nitrogens is 1. The lowest BCUT2D eigenvalue weighted by molar-refractivity contribution is 0.188. The van der Waals surface area contributed by atoms with Crippen LogP contribution in [-0.4, -0.2) is 31.3 Å². The van der Waals surface area contributed by atoms with Crippen molar-refractivity contribution < 1.29 is 4.74 Å². The number of pyridine rings is 1. The van der Waals surface area contributed by atoms with Gasteiger partial charge in [0.1, 0.15) is 5.82 Å². The predicted molar refractivity (Wildman–Crippen MR) is 56.8 cm³/mol. The first-order valence-corrected chi connectivity index (χ1v) is 4.76. The molecule has 0 spiro atoms. The first-order chi connectivity index (χ1) is 6.81. The van der Waals surface area contributed by atoms with Gasteiger partial charge in [-0.05, 0) is 18.6 Å². The molecule has 1 aromatic rings. The van der Waals surface area contributed by atoms with E-state index in [4.69, 9.17) is 4.74 Å². The fraction of sp³-hybridized carbons (Fsp3) is 0.500. The molecule has 76 valence electrons. The predicted octanol–water partition coefficient (Wildman–Crippen LogP) is 1.24. The molecular formula is C10H15N3O. The number of nitrogens with zero attached hydrogens (tertiary/aromatic N) is 1. The highest BCUT2D eigenvalue weighted by Crippen LogP contribution is 2.26. The molecular weight excluding hydrogens is 178 g/mol. The Morgan fingerprint density at radius 1 is 1.64 bits per heavy atom. The van der Waals surface area contributed by atoms with Crippen molar-refractivity contribution in [3.05, 3.63) is 17.8 Å². The van der Waals surface area contributed by atoms with Crippen LogP contribution in [0.2, 0.25) is 0 Å². The van der Waals surface area contributed by atoms with Crippen molar-refractivity contribution in [3.8, 4) is 0 Å². The maximum Gasteiger partial charge on any atom is 0.149 e. The number of methoxy groups -OCH3 is 1. The first kappa shape index (κ1) is 9.27. The zero-order valence-electron chi connectivity index (χ0n) is 8.50. The average molecular weight is 193 g/mol. The summed E-state index contributed by atoms with van der Waals surface area (Å²) in [6, 6.07) is 2.31. The van der Waals surface area contributed by atoms with Crippen LogP contribution in [0.4, 0.5) is 11.5 Å². The zero-order chi connectivity index (χ0) is 9.97. The van der Waals surface area contributed by atoms with Gasteiger partial charge in [-0.3, -0.25) is 0 Å². The quantitative estimate of drug-likeness (QED) is 0.742. The van der Waals surface area contributed by atoms with E-state index >= 15 is 0 Å². The van der Waals surface area contributed by atoms with Gasteiger partial charge in [0.05, 0.1) is 18.3 Å². The van der Waals surface area contributed by atoms with Crippen LogP contribution in [0.25, 0.3) is 0 Å². The lowest BCUT2D eigenvalue weighted by Crippen LogP contribution is -2.37. The highest BCUT2D eigenvalue weighted by molar-refractivity contribution is 5.70. The van der Waals surface area contributed by atoms with Gasteiger partial charge in [-0.2, -0.15) is 0 Å². The van der Waals surface area contributed by atoms with Crippen LogP contribution in [0, 0.1) is 6.92 Å². The van der Waals surface area contributed by atoms with Crippen molar-refractivity contribution in [2.24, 2.45) is 0 Å². The Balaban J connectivity index is 2.18. The number of anilines is 2. The lowest BCUT2D eigenvalue weighted by atomic mass is 10.1. The topological polar surface area (TPSA) is 46.2 Å². The molecule has 0 aromatic carbocycles. The second kappa shape index (κ2) is 3.84. The van der Waals surface area contributed by atoms with Crippen LogP contribution in [0.15, 0.2) is 12.3 Å². The molecule has 1 aliphatic rings. The van der Waals surface area contributed by atoms with E-state index in [-0.39, 0.29) is 0 Å². The molecule has 4 heteroatoms. The van der Waals surface area contributed by atoms with Crippen LogP contribution in [0.3, 0.4) is 0 Å². The van der Waals surface area contributed by atoms with Gasteiger partial charge in [0.15, 0.2) is 0 Å². The molecule has 0 fully saturated rings. The van der Waals surface area contributed by atoms with Gasteiger partial charge in [-0.1, -0.05) is 0 Å². The van der Waals surface area contributed by atoms with Gasteiger partial charge in [-0.25, -0.2) is 4.98 Å². The average Bonchev–Trinajstić information content (AvgIpc) is 2.18. The molecule has 0 saturated carbocycles. The van der Waals surface area contributed by atoms with E-state index in [0.717, 1.165) is 18.1 Å². The summed E-state index contributed by atoms with van der Waals surface area (Å²) < 4.78 is 5.10. The summed E-state index contributed by atoms with van der Waals surface area (Å²) in [6.07, 6.45) is 1.82. The monoisotopic (exact) mass is 193 g/mol. The Morgan fingerprint density at radius 2 is 2.50 bits per heavy atom. The summed E-state index contributed by atoms with van der Waals surface area (Å²) in [5.74, 6) is 0.929. The van der Waals surface area contributed by atoms with Crippen LogP contribution in [0.5, 0.6) is 0 Å². The van der Waals surface area contributed by atoms with Crippen molar-refractivity contribution >= 4 is 11.5 Å². The van der Waals surface area contributed by atoms with Gasteiger partial charge in [-0.15, -0.1) is 0 Å². The normalized spacial score (nSPS) is 19.4. The number of nitrogens with one attached hydrogen (secondary N) is 2. The molecule has 0 bridgehead atoms. The molecule has 0 aliphatic carbocycles. The van der Waals surface area contributed by atoms with Crippen molar-refractivity contribution in [2.75, 3.05) is 30.9 Å². The Morgan fingerprint density at radius 3 is 3.29 bits per heavy atom. The number of ether oxygens (including phenoxy) is 1. The molecule has 1 aliphatic heterocycles. The van der Waals surface area contributed by atoms with Crippen molar-refractivity contribution in [2.45, 2.75) is 13.0 Å². The van der Waals surface area contributed by atoms with Crippen LogP contribution in [0.1, 0.15) is 5.56 Å². The van der Waals surface area contributed by atoms with Crippen molar-refractivity contribution in [1.82, 2.24) is 4.98 Å². The fourth-order valence-corrected chi connectivity index (χ4v) is 1.66. The van der Waals surface area contributed by atoms with E-state index in [0.29, 0.717) is 12.6 Å². The maximum atomic E-state index is 5.10. The molecule has 4 nitrogen and oxygen atoms in total. The molecule has 2 N–H and O–H groups in total. The van der Waals surface area contributed by atoms with E-state index in [9.17, 15) is 0 Å². The molecule has 0 radical (unpaired) electrons. The minimum Gasteiger partial charge on any atom is -0.382 e. The second-order valence-corrected chi connectivity index (χ2v) is 3.53. The zero-order valence-corrected chi connectivity index (χ0v) is 8.50. The molecule has 2 rings (SSSR count). The minimum absolute atomic E-state index is 0.307. The summed E-state index contributed by atoms with van der Waals surface area (Å²) in [5.41, 5.74) is 2.33. The van der Waals surface area contributed by atoms with E-state index in [1.165, 1.54) is 5.56 Å². The summed E-state index contributed by atoms with van der Waals surface area (Å²) in [7, 11) is 1.71. The van der Waals surface area contributed by atoms with Crippen LogP contribution >= 0.6 is 0 Å². The fourth-order valence-electron chi connectivity index (χ4n) is 1.66. The van der Waals surface area contributed by atoms with Crippen molar-refractivity contribution in [1.29, 1.82) is 0 Å². The molecule has 1 aromatic heterocycles. The molecule has 1 unspecified atom stereocenters. The largest absolute Gasteiger partial charge is 0.382 e. The Bertz CT molecular complexity index is 327. The summed E-state index contributed by atoms with van der Waals surface area (Å²) >= 11 is 0. The highest BCUT2D eigenvalue weighted by atomic mass is 16.5. The lowest BCUT2D eigenvalue weighted by Gasteiger charge is -2.27. The number of fused-ring (bicyclic) bond motifs is 1. The standard InChI is InChI=1S/C10H15N3O/c1-7-3-4-11-10-9(7)12-5-8(13-10)6-14-2/h3-4,8,12H,5-6H2,1-2H3,(H,11,13). The van der Waals surface area contributed by atoms with Gasteiger partial charge in [0.25, 0.3) is 0 Å². The van der Waals surface area contributed by atoms with Gasteiger partial charge in [0.2, 0.25) is 0 Å². The highest BCUT2D eigenvalue weighted by Gasteiger charge is 2.18. The maximum absolute atomic E-state index is 5.10. The third-order valence-electron chi connectivity index (χ3n) is 2.39. The second-order valence-electron chi connectivity index (χ2n) is 3.53. The number of hydrogen-bond acceptors (Lipinski definition) is 4. The number of hydrogen-bond donors (Lipinski definition) is 2.